The molecule has 8 heteroatoms. The van der Waals surface area contributed by atoms with Gasteiger partial charge in [0.25, 0.3) is 0 Å². The molecule has 0 radical (unpaired) electrons. The van der Waals surface area contributed by atoms with Crippen molar-refractivity contribution in [2.75, 3.05) is 30.3 Å². The van der Waals surface area contributed by atoms with Gasteiger partial charge >= 0.3 is 0 Å². The van der Waals surface area contributed by atoms with E-state index in [0.717, 1.165) is 60.7 Å². The summed E-state index contributed by atoms with van der Waals surface area (Å²) < 4.78 is 0. The van der Waals surface area contributed by atoms with Gasteiger partial charge in [0.15, 0.2) is 0 Å². The lowest BCUT2D eigenvalue weighted by Crippen LogP contribution is -2.16. The first-order chi connectivity index (χ1) is 11.8. The van der Waals surface area contributed by atoms with E-state index in [1.807, 2.05) is 6.92 Å². The molecule has 0 atom stereocenters. The lowest BCUT2D eigenvalue weighted by molar-refractivity contribution is 0.708. The number of anilines is 2. The molecule has 0 amide bonds. The van der Waals surface area contributed by atoms with Crippen molar-refractivity contribution in [3.63, 3.8) is 0 Å². The second-order valence-electron chi connectivity index (χ2n) is 6.38. The summed E-state index contributed by atoms with van der Waals surface area (Å²) in [5.74, 6) is 1.75. The summed E-state index contributed by atoms with van der Waals surface area (Å²) in [6.45, 7) is 4.77. The van der Waals surface area contributed by atoms with Crippen molar-refractivity contribution >= 4 is 23.1 Å². The number of nitrogens with one attached hydrogen (secondary N) is 3. The Kier molecular flexibility index (Phi) is 4.57. The van der Waals surface area contributed by atoms with E-state index in [1.165, 1.54) is 24.1 Å². The highest BCUT2D eigenvalue weighted by molar-refractivity contribution is 7.11. The van der Waals surface area contributed by atoms with Crippen LogP contribution in [0, 0.1) is 6.92 Å². The number of fused-ring (bicyclic) bond motifs is 1. The van der Waals surface area contributed by atoms with E-state index in [9.17, 15) is 0 Å². The van der Waals surface area contributed by atoms with E-state index in [0.29, 0.717) is 6.04 Å². The molecule has 24 heavy (non-hydrogen) atoms. The summed E-state index contributed by atoms with van der Waals surface area (Å²) in [6, 6.07) is 0.559. The van der Waals surface area contributed by atoms with Crippen molar-refractivity contribution in [2.45, 2.75) is 45.1 Å². The number of rotatable bonds is 6. The molecule has 1 saturated carbocycles. The lowest BCUT2D eigenvalue weighted by Gasteiger charge is -2.15. The topological polar surface area (TPSA) is 87.7 Å². The van der Waals surface area contributed by atoms with Crippen LogP contribution < -0.4 is 16.0 Å². The molecule has 3 N–H and O–H groups in total. The van der Waals surface area contributed by atoms with Gasteiger partial charge in [0.2, 0.25) is 5.95 Å². The second kappa shape index (κ2) is 6.98. The summed E-state index contributed by atoms with van der Waals surface area (Å²) in [7, 11) is 0. The predicted molar refractivity (Wildman–Crippen MR) is 95.8 cm³/mol. The van der Waals surface area contributed by atoms with Gasteiger partial charge in [0.1, 0.15) is 15.8 Å². The van der Waals surface area contributed by atoms with Crippen LogP contribution >= 0.6 is 11.3 Å². The Labute approximate surface area is 145 Å². The fourth-order valence-electron chi connectivity index (χ4n) is 2.89. The van der Waals surface area contributed by atoms with E-state index in [1.54, 1.807) is 11.3 Å². The van der Waals surface area contributed by atoms with Crippen LogP contribution in [0.4, 0.5) is 11.8 Å². The standard InChI is InChI=1S/C16H23N7S/c1-10-22-23-14(24-10)6-9-18-15-12-4-7-17-8-5-13(12)20-16(21-15)19-11-2-3-11/h11,17H,2-9H2,1H3,(H2,18,19,20,21). The van der Waals surface area contributed by atoms with Crippen molar-refractivity contribution in [1.82, 2.24) is 25.5 Å². The van der Waals surface area contributed by atoms with Crippen LogP contribution in [0.25, 0.3) is 0 Å². The summed E-state index contributed by atoms with van der Waals surface area (Å²) in [4.78, 5) is 9.51. The average Bonchev–Trinajstić information content (AvgIpc) is 3.32. The van der Waals surface area contributed by atoms with Gasteiger partial charge in [-0.3, -0.25) is 0 Å². The van der Waals surface area contributed by atoms with E-state index < -0.39 is 0 Å². The second-order valence-corrected chi connectivity index (χ2v) is 7.65. The summed E-state index contributed by atoms with van der Waals surface area (Å²) >= 11 is 1.66. The minimum Gasteiger partial charge on any atom is -0.369 e. The third kappa shape index (κ3) is 3.81. The van der Waals surface area contributed by atoms with Gasteiger partial charge in [0, 0.05) is 37.5 Å². The molecule has 0 aromatic carbocycles. The van der Waals surface area contributed by atoms with Crippen LogP contribution in [-0.2, 0) is 19.3 Å². The van der Waals surface area contributed by atoms with Crippen LogP contribution in [0.1, 0.15) is 34.1 Å². The van der Waals surface area contributed by atoms with Gasteiger partial charge in [-0.15, -0.1) is 21.5 Å². The first-order valence-corrected chi connectivity index (χ1v) is 9.49. The number of nitrogens with zero attached hydrogens (tertiary/aromatic N) is 4. The monoisotopic (exact) mass is 345 g/mol. The van der Waals surface area contributed by atoms with Crippen molar-refractivity contribution in [2.24, 2.45) is 0 Å². The molecular formula is C16H23N7S. The molecule has 0 saturated heterocycles. The number of hydrogen-bond acceptors (Lipinski definition) is 8. The lowest BCUT2D eigenvalue weighted by atomic mass is 10.1. The van der Waals surface area contributed by atoms with E-state index in [4.69, 9.17) is 9.97 Å². The third-order valence-corrected chi connectivity index (χ3v) is 5.19. The third-order valence-electron chi connectivity index (χ3n) is 4.29. The zero-order valence-corrected chi connectivity index (χ0v) is 14.7. The normalized spacial score (nSPS) is 17.2. The highest BCUT2D eigenvalue weighted by Gasteiger charge is 2.24. The Balaban J connectivity index is 1.50. The summed E-state index contributed by atoms with van der Waals surface area (Å²) in [6.07, 6.45) is 5.25. The largest absolute Gasteiger partial charge is 0.369 e. The Morgan fingerprint density at radius 2 is 2.04 bits per heavy atom. The molecule has 7 nitrogen and oxygen atoms in total. The first-order valence-electron chi connectivity index (χ1n) is 8.68. The zero-order valence-electron chi connectivity index (χ0n) is 13.9. The number of aromatic nitrogens is 4. The maximum atomic E-state index is 4.76. The van der Waals surface area contributed by atoms with Crippen molar-refractivity contribution < 1.29 is 0 Å². The van der Waals surface area contributed by atoms with Crippen LogP contribution in [0.3, 0.4) is 0 Å². The molecular weight excluding hydrogens is 322 g/mol. The fraction of sp³-hybridized carbons (Fsp3) is 0.625. The quantitative estimate of drug-likeness (QED) is 0.732. The molecule has 1 fully saturated rings. The predicted octanol–water partition coefficient (Wildman–Crippen LogP) is 1.55. The SMILES string of the molecule is Cc1nnc(CCNc2nc(NC3CC3)nc3c2CCNCC3)s1. The van der Waals surface area contributed by atoms with Gasteiger partial charge in [-0.05, 0) is 32.7 Å². The van der Waals surface area contributed by atoms with E-state index in [2.05, 4.69) is 26.1 Å². The molecule has 4 rings (SSSR count). The molecule has 0 bridgehead atoms. The molecule has 1 aliphatic heterocycles. The Bertz CT molecular complexity index is 710. The van der Waals surface area contributed by atoms with Crippen LogP contribution in [0.2, 0.25) is 0 Å². The van der Waals surface area contributed by atoms with Gasteiger partial charge in [0.05, 0.1) is 5.69 Å². The van der Waals surface area contributed by atoms with Crippen molar-refractivity contribution in [3.8, 4) is 0 Å². The van der Waals surface area contributed by atoms with Gasteiger partial charge in [-0.1, -0.05) is 0 Å². The molecule has 1 aliphatic carbocycles. The fourth-order valence-corrected chi connectivity index (χ4v) is 3.60. The maximum Gasteiger partial charge on any atom is 0.225 e. The Morgan fingerprint density at radius 1 is 1.17 bits per heavy atom. The minimum absolute atomic E-state index is 0.559. The van der Waals surface area contributed by atoms with Crippen LogP contribution in [-0.4, -0.2) is 45.8 Å². The van der Waals surface area contributed by atoms with E-state index >= 15 is 0 Å². The zero-order chi connectivity index (χ0) is 16.4. The average molecular weight is 345 g/mol. The summed E-state index contributed by atoms with van der Waals surface area (Å²) in [5, 5.41) is 20.7. The minimum atomic E-state index is 0.559. The van der Waals surface area contributed by atoms with Crippen molar-refractivity contribution in [3.05, 3.63) is 21.3 Å². The molecule has 2 aliphatic rings. The smallest absolute Gasteiger partial charge is 0.225 e. The molecule has 0 spiro atoms. The maximum absolute atomic E-state index is 4.76. The first kappa shape index (κ1) is 15.7. The van der Waals surface area contributed by atoms with Gasteiger partial charge < -0.3 is 16.0 Å². The number of hydrogen-bond donors (Lipinski definition) is 3. The molecule has 2 aromatic heterocycles. The highest BCUT2D eigenvalue weighted by atomic mass is 32.1. The summed E-state index contributed by atoms with van der Waals surface area (Å²) in [5.41, 5.74) is 2.43. The van der Waals surface area contributed by atoms with Crippen LogP contribution in [0.5, 0.6) is 0 Å². The van der Waals surface area contributed by atoms with Crippen LogP contribution in [0.15, 0.2) is 0 Å². The Morgan fingerprint density at radius 3 is 2.83 bits per heavy atom. The number of aryl methyl sites for hydroxylation is 1. The van der Waals surface area contributed by atoms with Gasteiger partial charge in [-0.25, -0.2) is 4.98 Å². The molecule has 0 unspecified atom stereocenters. The highest BCUT2D eigenvalue weighted by Crippen LogP contribution is 2.26. The Hall–Kier alpha value is -1.80. The molecule has 2 aromatic rings. The van der Waals surface area contributed by atoms with Gasteiger partial charge in [-0.2, -0.15) is 4.98 Å². The molecule has 128 valence electrons. The van der Waals surface area contributed by atoms with Crippen molar-refractivity contribution in [1.29, 1.82) is 0 Å². The molecule has 3 heterocycles. The van der Waals surface area contributed by atoms with E-state index in [-0.39, 0.29) is 0 Å².